The van der Waals surface area contributed by atoms with E-state index in [1.165, 1.54) is 16.3 Å². The summed E-state index contributed by atoms with van der Waals surface area (Å²) in [5.41, 5.74) is 0.910. The van der Waals surface area contributed by atoms with Crippen LogP contribution in [0.4, 0.5) is 4.79 Å². The van der Waals surface area contributed by atoms with E-state index in [4.69, 9.17) is 4.74 Å². The molecule has 0 saturated heterocycles. The number of amides is 1. The molecule has 1 aromatic rings. The lowest BCUT2D eigenvalue weighted by Crippen LogP contribution is -2.43. The van der Waals surface area contributed by atoms with Crippen LogP contribution in [0.1, 0.15) is 19.4 Å². The molecule has 0 spiro atoms. The Kier molecular flexibility index (Phi) is 6.83. The van der Waals surface area contributed by atoms with Crippen LogP contribution in [0.3, 0.4) is 0 Å². The molecule has 0 aliphatic rings. The minimum absolute atomic E-state index is 0.0729. The number of benzene rings is 1. The van der Waals surface area contributed by atoms with Crippen molar-refractivity contribution in [2.24, 2.45) is 0 Å². The van der Waals surface area contributed by atoms with Crippen molar-refractivity contribution < 1.29 is 17.9 Å². The van der Waals surface area contributed by atoms with Crippen LogP contribution in [0.5, 0.6) is 0 Å². The van der Waals surface area contributed by atoms with Gasteiger partial charge in [-0.2, -0.15) is 0 Å². The largest absolute Gasteiger partial charge is 0.445 e. The molecule has 0 radical (unpaired) electrons. The van der Waals surface area contributed by atoms with Crippen LogP contribution in [0.15, 0.2) is 30.3 Å². The predicted molar refractivity (Wildman–Crippen MR) is 85.9 cm³/mol. The molecule has 22 heavy (non-hydrogen) atoms. The van der Waals surface area contributed by atoms with Crippen molar-refractivity contribution in [3.63, 3.8) is 0 Å². The van der Waals surface area contributed by atoms with Gasteiger partial charge in [0, 0.05) is 26.2 Å². The molecule has 0 aromatic heterocycles. The van der Waals surface area contributed by atoms with E-state index in [0.29, 0.717) is 0 Å². The second kappa shape index (κ2) is 8.14. The van der Waals surface area contributed by atoms with Crippen LogP contribution >= 0.6 is 0 Å². The Morgan fingerprint density at radius 2 is 1.77 bits per heavy atom. The SMILES string of the molecule is CC(C)N(CCN(C)S(C)(=O)=O)C(=O)OCc1ccccc1. The number of rotatable bonds is 7. The van der Waals surface area contributed by atoms with Gasteiger partial charge in [0.2, 0.25) is 10.0 Å². The minimum atomic E-state index is -3.25. The van der Waals surface area contributed by atoms with Gasteiger partial charge < -0.3 is 9.64 Å². The second-order valence-electron chi connectivity index (χ2n) is 5.41. The maximum Gasteiger partial charge on any atom is 0.410 e. The van der Waals surface area contributed by atoms with Crippen molar-refractivity contribution in [2.45, 2.75) is 26.5 Å². The molecule has 0 N–H and O–H groups in total. The summed E-state index contributed by atoms with van der Waals surface area (Å²) in [6, 6.07) is 9.34. The third kappa shape index (κ3) is 6.03. The molecular formula is C15H24N2O4S. The maximum absolute atomic E-state index is 12.2. The molecule has 0 atom stereocenters. The summed E-state index contributed by atoms with van der Waals surface area (Å²) in [7, 11) is -1.76. The highest BCUT2D eigenvalue weighted by molar-refractivity contribution is 7.88. The van der Waals surface area contributed by atoms with Crippen LogP contribution in [0.2, 0.25) is 0 Å². The van der Waals surface area contributed by atoms with Crippen molar-refractivity contribution in [2.75, 3.05) is 26.4 Å². The zero-order valence-corrected chi connectivity index (χ0v) is 14.3. The third-order valence-electron chi connectivity index (χ3n) is 3.28. The smallest absolute Gasteiger partial charge is 0.410 e. The van der Waals surface area contributed by atoms with Gasteiger partial charge in [0.25, 0.3) is 0 Å². The van der Waals surface area contributed by atoms with E-state index in [1.807, 2.05) is 44.2 Å². The van der Waals surface area contributed by atoms with E-state index >= 15 is 0 Å². The van der Waals surface area contributed by atoms with E-state index in [9.17, 15) is 13.2 Å². The van der Waals surface area contributed by atoms with Gasteiger partial charge in [0.05, 0.1) is 6.26 Å². The molecule has 1 amide bonds. The minimum Gasteiger partial charge on any atom is -0.445 e. The molecule has 0 saturated carbocycles. The molecular weight excluding hydrogens is 304 g/mol. The first kappa shape index (κ1) is 18.4. The van der Waals surface area contributed by atoms with E-state index in [2.05, 4.69) is 0 Å². The van der Waals surface area contributed by atoms with Gasteiger partial charge in [0.15, 0.2) is 0 Å². The van der Waals surface area contributed by atoms with E-state index in [1.54, 1.807) is 0 Å². The normalized spacial score (nSPS) is 11.7. The fourth-order valence-corrected chi connectivity index (χ4v) is 2.19. The second-order valence-corrected chi connectivity index (χ2v) is 7.50. The molecule has 0 heterocycles. The number of hydrogen-bond donors (Lipinski definition) is 0. The number of carbonyl (C=O) groups is 1. The Bertz CT molecular complexity index is 572. The average Bonchev–Trinajstić information content (AvgIpc) is 2.44. The van der Waals surface area contributed by atoms with Crippen molar-refractivity contribution in [3.05, 3.63) is 35.9 Å². The Hall–Kier alpha value is -1.60. The van der Waals surface area contributed by atoms with Gasteiger partial charge in [-0.1, -0.05) is 30.3 Å². The number of hydrogen-bond acceptors (Lipinski definition) is 4. The first-order valence-electron chi connectivity index (χ1n) is 7.10. The Morgan fingerprint density at radius 3 is 2.27 bits per heavy atom. The lowest BCUT2D eigenvalue weighted by molar-refractivity contribution is 0.0845. The first-order valence-corrected chi connectivity index (χ1v) is 8.95. The fraction of sp³-hybridized carbons (Fsp3) is 0.533. The maximum atomic E-state index is 12.2. The van der Waals surface area contributed by atoms with Crippen molar-refractivity contribution in [3.8, 4) is 0 Å². The van der Waals surface area contributed by atoms with Gasteiger partial charge >= 0.3 is 6.09 Å². The van der Waals surface area contributed by atoms with Gasteiger partial charge in [-0.15, -0.1) is 0 Å². The number of nitrogens with zero attached hydrogens (tertiary/aromatic N) is 2. The molecule has 0 unspecified atom stereocenters. The highest BCUT2D eigenvalue weighted by Crippen LogP contribution is 2.07. The van der Waals surface area contributed by atoms with E-state index < -0.39 is 16.1 Å². The van der Waals surface area contributed by atoms with Gasteiger partial charge in [-0.05, 0) is 19.4 Å². The Morgan fingerprint density at radius 1 is 1.18 bits per heavy atom. The zero-order chi connectivity index (χ0) is 16.8. The molecule has 1 rings (SSSR count). The zero-order valence-electron chi connectivity index (χ0n) is 13.5. The molecule has 0 aliphatic heterocycles. The molecule has 1 aromatic carbocycles. The highest BCUT2D eigenvalue weighted by atomic mass is 32.2. The number of likely N-dealkylation sites (N-methyl/N-ethyl adjacent to an activating group) is 1. The topological polar surface area (TPSA) is 66.9 Å². The van der Waals surface area contributed by atoms with E-state index in [0.717, 1.165) is 11.8 Å². The number of sulfonamides is 1. The van der Waals surface area contributed by atoms with Crippen LogP contribution < -0.4 is 0 Å². The summed E-state index contributed by atoms with van der Waals surface area (Å²) >= 11 is 0. The van der Waals surface area contributed by atoms with Crippen LogP contribution in [0, 0.1) is 0 Å². The molecule has 0 aliphatic carbocycles. The summed E-state index contributed by atoms with van der Waals surface area (Å²) < 4.78 is 29.3. The standard InChI is InChI=1S/C15H24N2O4S/c1-13(2)17(11-10-16(3)22(4,19)20)15(18)21-12-14-8-6-5-7-9-14/h5-9,13H,10-12H2,1-4H3. The molecule has 124 valence electrons. The van der Waals surface area contributed by atoms with E-state index in [-0.39, 0.29) is 25.7 Å². The lowest BCUT2D eigenvalue weighted by Gasteiger charge is -2.27. The van der Waals surface area contributed by atoms with Crippen molar-refractivity contribution in [1.82, 2.24) is 9.21 Å². The summed E-state index contributed by atoms with van der Waals surface area (Å²) in [4.78, 5) is 13.7. The molecule has 0 fully saturated rings. The summed E-state index contributed by atoms with van der Waals surface area (Å²) in [6.07, 6.45) is 0.696. The van der Waals surface area contributed by atoms with Crippen molar-refractivity contribution >= 4 is 16.1 Å². The predicted octanol–water partition coefficient (Wildman–Crippen LogP) is 1.92. The third-order valence-corrected chi connectivity index (χ3v) is 4.60. The Labute approximate surface area is 132 Å². The van der Waals surface area contributed by atoms with Crippen LogP contribution in [0.25, 0.3) is 0 Å². The molecule has 6 nitrogen and oxygen atoms in total. The van der Waals surface area contributed by atoms with Gasteiger partial charge in [-0.3, -0.25) is 0 Å². The van der Waals surface area contributed by atoms with Gasteiger partial charge in [0.1, 0.15) is 6.61 Å². The quantitative estimate of drug-likeness (QED) is 0.767. The first-order chi connectivity index (χ1) is 10.2. The number of ether oxygens (including phenoxy) is 1. The average molecular weight is 328 g/mol. The summed E-state index contributed by atoms with van der Waals surface area (Å²) in [5, 5.41) is 0. The molecule has 7 heteroatoms. The monoisotopic (exact) mass is 328 g/mol. The van der Waals surface area contributed by atoms with Crippen molar-refractivity contribution in [1.29, 1.82) is 0 Å². The lowest BCUT2D eigenvalue weighted by atomic mass is 10.2. The summed E-state index contributed by atoms with van der Waals surface area (Å²) in [5.74, 6) is 0. The summed E-state index contributed by atoms with van der Waals surface area (Å²) in [6.45, 7) is 4.45. The Balaban J connectivity index is 2.57. The highest BCUT2D eigenvalue weighted by Gasteiger charge is 2.20. The molecule has 0 bridgehead atoms. The van der Waals surface area contributed by atoms with Crippen LogP contribution in [-0.2, 0) is 21.4 Å². The van der Waals surface area contributed by atoms with Gasteiger partial charge in [-0.25, -0.2) is 17.5 Å². The van der Waals surface area contributed by atoms with Crippen LogP contribution in [-0.4, -0.2) is 56.2 Å². The number of carbonyl (C=O) groups excluding carboxylic acids is 1. The fourth-order valence-electron chi connectivity index (χ4n) is 1.78.